The number of aromatic nitrogens is 2. The number of ether oxygens (including phenoxy) is 3. The number of nitrogens with zero attached hydrogens (tertiary/aromatic N) is 3. The molecular formula is C20H26N4O4. The quantitative estimate of drug-likeness (QED) is 0.446. The van der Waals surface area contributed by atoms with E-state index in [1.54, 1.807) is 20.1 Å². The maximum absolute atomic E-state index is 8.95. The zero-order valence-corrected chi connectivity index (χ0v) is 16.4. The fourth-order valence-corrected chi connectivity index (χ4v) is 3.45. The lowest BCUT2D eigenvalue weighted by Crippen LogP contribution is -2.36. The van der Waals surface area contributed by atoms with Crippen LogP contribution in [0, 0.1) is 6.92 Å². The molecule has 150 valence electrons. The van der Waals surface area contributed by atoms with Gasteiger partial charge >= 0.3 is 0 Å². The summed E-state index contributed by atoms with van der Waals surface area (Å²) in [6, 6.07) is 7.61. The van der Waals surface area contributed by atoms with Crippen LogP contribution in [0.2, 0.25) is 0 Å². The highest BCUT2D eigenvalue weighted by molar-refractivity contribution is 5.99. The summed E-state index contributed by atoms with van der Waals surface area (Å²) in [5.74, 6) is 0.553. The van der Waals surface area contributed by atoms with Gasteiger partial charge in [0.05, 0.1) is 11.4 Å². The van der Waals surface area contributed by atoms with Crippen molar-refractivity contribution in [2.24, 2.45) is 5.16 Å². The van der Waals surface area contributed by atoms with E-state index in [4.69, 9.17) is 25.2 Å². The number of nitrogen functional groups attached to an aromatic ring is 1. The van der Waals surface area contributed by atoms with E-state index in [1.807, 2.05) is 25.1 Å². The highest BCUT2D eigenvalue weighted by Gasteiger charge is 2.36. The van der Waals surface area contributed by atoms with Gasteiger partial charge in [-0.1, -0.05) is 23.4 Å². The Morgan fingerprint density at radius 2 is 2.04 bits per heavy atom. The average Bonchev–Trinajstić information content (AvgIpc) is 2.72. The molecule has 0 radical (unpaired) electrons. The minimum atomic E-state index is -0.535. The van der Waals surface area contributed by atoms with Gasteiger partial charge in [0.1, 0.15) is 12.2 Å². The molecule has 28 heavy (non-hydrogen) atoms. The molecule has 0 unspecified atom stereocenters. The number of hydrogen-bond acceptors (Lipinski definition) is 8. The number of rotatable bonds is 6. The molecule has 0 amide bonds. The van der Waals surface area contributed by atoms with Gasteiger partial charge in [0.15, 0.2) is 0 Å². The Morgan fingerprint density at radius 1 is 1.29 bits per heavy atom. The van der Waals surface area contributed by atoms with Gasteiger partial charge in [-0.25, -0.2) is 4.98 Å². The number of methoxy groups -OCH3 is 1. The van der Waals surface area contributed by atoms with Crippen LogP contribution in [0.3, 0.4) is 0 Å². The Bertz CT molecular complexity index is 863. The second kappa shape index (κ2) is 8.53. The van der Waals surface area contributed by atoms with Crippen LogP contribution in [0.1, 0.15) is 42.1 Å². The first kappa shape index (κ1) is 20.0. The first-order chi connectivity index (χ1) is 13.5. The lowest BCUT2D eigenvalue weighted by molar-refractivity contribution is -0.0974. The van der Waals surface area contributed by atoms with Crippen molar-refractivity contribution in [2.45, 2.75) is 38.9 Å². The number of aryl methyl sites for hydroxylation is 1. The van der Waals surface area contributed by atoms with Crippen molar-refractivity contribution in [1.82, 2.24) is 9.97 Å². The zero-order chi connectivity index (χ0) is 20.1. The molecule has 3 rings (SSSR count). The van der Waals surface area contributed by atoms with E-state index in [2.05, 4.69) is 15.1 Å². The van der Waals surface area contributed by atoms with Crippen LogP contribution in [-0.2, 0) is 21.7 Å². The second-order valence-corrected chi connectivity index (χ2v) is 6.88. The van der Waals surface area contributed by atoms with E-state index in [0.717, 1.165) is 16.7 Å². The topological polar surface area (TPSA) is 112 Å². The number of benzene rings is 1. The summed E-state index contributed by atoms with van der Waals surface area (Å²) in [5.41, 5.74) is 9.52. The van der Waals surface area contributed by atoms with Crippen molar-refractivity contribution in [3.8, 4) is 5.88 Å². The van der Waals surface area contributed by atoms with E-state index in [-0.39, 0.29) is 5.95 Å². The van der Waals surface area contributed by atoms with Gasteiger partial charge in [0.2, 0.25) is 11.8 Å². The molecule has 2 heterocycles. The maximum atomic E-state index is 8.95. The molecule has 3 N–H and O–H groups in total. The second-order valence-electron chi connectivity index (χ2n) is 6.88. The molecule has 1 aromatic carbocycles. The molecule has 0 bridgehead atoms. The van der Waals surface area contributed by atoms with Gasteiger partial charge in [-0.05, 0) is 25.0 Å². The summed E-state index contributed by atoms with van der Waals surface area (Å²) in [6.45, 7) is 5.26. The average molecular weight is 386 g/mol. The summed E-state index contributed by atoms with van der Waals surface area (Å²) >= 11 is 0. The van der Waals surface area contributed by atoms with Crippen molar-refractivity contribution in [2.75, 3.05) is 26.1 Å². The van der Waals surface area contributed by atoms with Crippen molar-refractivity contribution >= 4 is 11.7 Å². The summed E-state index contributed by atoms with van der Waals surface area (Å²) in [6.07, 6.45) is 1.40. The molecule has 1 saturated heterocycles. The summed E-state index contributed by atoms with van der Waals surface area (Å²) in [5, 5.41) is 12.2. The highest BCUT2D eigenvalue weighted by atomic mass is 16.5. The third-order valence-corrected chi connectivity index (χ3v) is 5.10. The molecule has 8 nitrogen and oxygen atoms in total. The molecular weight excluding hydrogens is 360 g/mol. The molecule has 1 fully saturated rings. The largest absolute Gasteiger partial charge is 0.473 e. The van der Waals surface area contributed by atoms with Crippen LogP contribution < -0.4 is 10.5 Å². The fourth-order valence-electron chi connectivity index (χ4n) is 3.45. The van der Waals surface area contributed by atoms with Crippen molar-refractivity contribution in [3.63, 3.8) is 0 Å². The molecule has 0 aliphatic carbocycles. The van der Waals surface area contributed by atoms with Gasteiger partial charge < -0.3 is 25.2 Å². The van der Waals surface area contributed by atoms with E-state index in [9.17, 15) is 0 Å². The molecule has 0 saturated carbocycles. The predicted octanol–water partition coefficient (Wildman–Crippen LogP) is 2.80. The van der Waals surface area contributed by atoms with Crippen LogP contribution in [0.5, 0.6) is 5.88 Å². The van der Waals surface area contributed by atoms with Crippen LogP contribution in [0.15, 0.2) is 29.4 Å². The number of hydrogen-bond donors (Lipinski definition) is 2. The normalized spacial score (nSPS) is 16.8. The molecule has 1 aliphatic rings. The van der Waals surface area contributed by atoms with Gasteiger partial charge in [-0.3, -0.25) is 0 Å². The summed E-state index contributed by atoms with van der Waals surface area (Å²) < 4.78 is 17.1. The third-order valence-electron chi connectivity index (χ3n) is 5.10. The number of nitrogens with two attached hydrogens (primary N) is 1. The Balaban J connectivity index is 1.78. The minimum Gasteiger partial charge on any atom is -0.473 e. The van der Waals surface area contributed by atoms with Crippen molar-refractivity contribution in [3.05, 3.63) is 46.6 Å². The fraction of sp³-hybridized carbons (Fsp3) is 0.450. The summed E-state index contributed by atoms with van der Waals surface area (Å²) in [4.78, 5) is 8.58. The smallest absolute Gasteiger partial charge is 0.223 e. The third kappa shape index (κ3) is 4.23. The van der Waals surface area contributed by atoms with Crippen LogP contribution >= 0.6 is 0 Å². The van der Waals surface area contributed by atoms with Crippen molar-refractivity contribution in [1.29, 1.82) is 0 Å². The lowest BCUT2D eigenvalue weighted by atomic mass is 9.90. The van der Waals surface area contributed by atoms with Gasteiger partial charge in [-0.15, -0.1) is 0 Å². The molecule has 0 spiro atoms. The Hall–Kier alpha value is -2.71. The lowest BCUT2D eigenvalue weighted by Gasteiger charge is -2.35. The van der Waals surface area contributed by atoms with E-state index < -0.39 is 5.60 Å². The van der Waals surface area contributed by atoms with Crippen LogP contribution in [-0.4, -0.2) is 41.2 Å². The Kier molecular flexibility index (Phi) is 6.11. The van der Waals surface area contributed by atoms with E-state index in [1.165, 1.54) is 0 Å². The van der Waals surface area contributed by atoms with E-state index >= 15 is 0 Å². The molecule has 2 aromatic rings. The molecule has 0 atom stereocenters. The number of oxime groups is 1. The summed E-state index contributed by atoms with van der Waals surface area (Å²) in [7, 11) is 1.67. The predicted molar refractivity (Wildman–Crippen MR) is 105 cm³/mol. The van der Waals surface area contributed by atoms with Gasteiger partial charge in [0, 0.05) is 44.8 Å². The Labute approximate surface area is 164 Å². The number of anilines is 1. The highest BCUT2D eigenvalue weighted by Crippen LogP contribution is 2.35. The minimum absolute atomic E-state index is 0.150. The van der Waals surface area contributed by atoms with Gasteiger partial charge in [-0.2, -0.15) is 4.98 Å². The Morgan fingerprint density at radius 3 is 2.68 bits per heavy atom. The molecule has 1 aliphatic heterocycles. The first-order valence-corrected chi connectivity index (χ1v) is 9.17. The molecule has 8 heteroatoms. The zero-order valence-electron chi connectivity index (χ0n) is 16.4. The van der Waals surface area contributed by atoms with Crippen LogP contribution in [0.25, 0.3) is 0 Å². The van der Waals surface area contributed by atoms with E-state index in [0.29, 0.717) is 49.9 Å². The maximum Gasteiger partial charge on any atom is 0.223 e. The monoisotopic (exact) mass is 386 g/mol. The first-order valence-electron chi connectivity index (χ1n) is 9.17. The van der Waals surface area contributed by atoms with Crippen LogP contribution in [0.4, 0.5) is 5.95 Å². The molecule has 1 aromatic heterocycles. The van der Waals surface area contributed by atoms with Crippen molar-refractivity contribution < 1.29 is 19.4 Å². The standard InChI is InChI=1S/C20H26N4O4/c1-13-10-15(4-5-16(13)14(2)24-25)12-28-18-11-17(22-19(21)23-18)20(26-3)6-8-27-9-7-20/h4-5,10-11,25H,6-9,12H2,1-3H3,(H2,21,22,23). The SMILES string of the molecule is COC1(c2cc(OCc3ccc(C(C)=NO)c(C)c3)nc(N)n2)CCOCC1. The van der Waals surface area contributed by atoms with Gasteiger partial charge in [0.25, 0.3) is 0 Å².